The van der Waals surface area contributed by atoms with Gasteiger partial charge < -0.3 is 41.7 Å². The summed E-state index contributed by atoms with van der Waals surface area (Å²) in [6.07, 6.45) is 9.39. The number of likely N-dealkylation sites (tertiary alicyclic amines) is 2. The number of halogens is 2. The molecule has 0 spiro atoms. The summed E-state index contributed by atoms with van der Waals surface area (Å²) in [6, 6.07) is 23.9. The Labute approximate surface area is 480 Å². The number of rotatable bonds is 24. The molecule has 83 heavy (non-hydrogen) atoms. The standard InChI is InChI=1S/C63H68F2N10O8/c1-38(66-3)60(80)72-52(62(82)74-28-6-8-54(74)44-32-46(36-68-34-44)58(78)42-16-20-48(64)21-17-42)30-40-12-24-50(25-13-40)70-56(76)10-5-11-57(77)71-51-26-14-41(15-27-51)31-53(73-61(81)39(2)67-4)63(83)75-29-7-9-55(75)45-33-47(37-69-35-45)59(79)43-18-22-49(65)23-19-43/h12-27,32-39,52-55,66-67H,5-11,28-31H2,1-4H3,(H,70,76)(H,71,77)(H,72,80)(H,73,81). The largest absolute Gasteiger partial charge is 0.343 e. The highest BCUT2D eigenvalue weighted by Gasteiger charge is 2.38. The average Bonchev–Trinajstić information content (AvgIpc) is 4.41. The Kier molecular flexibility index (Phi) is 20.5. The Bertz CT molecular complexity index is 3090. The van der Waals surface area contributed by atoms with Crippen molar-refractivity contribution in [2.75, 3.05) is 37.8 Å². The molecule has 0 radical (unpaired) electrons. The van der Waals surface area contributed by atoms with Crippen molar-refractivity contribution in [3.8, 4) is 0 Å². The lowest BCUT2D eigenvalue weighted by molar-refractivity contribution is -0.137. The molecule has 0 bridgehead atoms. The lowest BCUT2D eigenvalue weighted by atomic mass is 9.99. The Morgan fingerprint density at radius 3 is 1.25 bits per heavy atom. The second-order valence-corrected chi connectivity index (χ2v) is 21.0. The maximum atomic E-state index is 14.4. The van der Waals surface area contributed by atoms with Crippen LogP contribution in [0.25, 0.3) is 0 Å². The Balaban J connectivity index is 0.829. The SMILES string of the molecule is CNC(C)C(=O)NC(Cc1ccc(NC(=O)CCCC(=O)Nc2ccc(CC(NC(=O)C(C)NC)C(=O)N3CCCC3c3cncc(C(=O)c4ccc(F)cc4)c3)cc2)cc1)C(=O)N1CCCC1c1cncc(C(=O)c2ccc(F)cc2)c1. The van der Waals surface area contributed by atoms with Crippen LogP contribution in [0, 0.1) is 11.6 Å². The second kappa shape index (κ2) is 28.2. The van der Waals surface area contributed by atoms with Gasteiger partial charge in [-0.25, -0.2) is 8.78 Å². The quantitative estimate of drug-likeness (QED) is 0.0337. The number of amides is 6. The van der Waals surface area contributed by atoms with E-state index in [1.165, 1.54) is 60.9 Å². The number of likely N-dealkylation sites (N-methyl/N-ethyl adjacent to an activating group) is 2. The van der Waals surface area contributed by atoms with Gasteiger partial charge in [0, 0.05) is 97.2 Å². The molecule has 2 aliphatic rings. The van der Waals surface area contributed by atoms with E-state index in [1.807, 2.05) is 0 Å². The highest BCUT2D eigenvalue weighted by Crippen LogP contribution is 2.35. The van der Waals surface area contributed by atoms with Gasteiger partial charge in [0.1, 0.15) is 23.7 Å². The Morgan fingerprint density at radius 2 is 0.892 bits per heavy atom. The first kappa shape index (κ1) is 60.2. The van der Waals surface area contributed by atoms with Crippen molar-refractivity contribution in [2.24, 2.45) is 0 Å². The molecule has 0 saturated carbocycles. The zero-order valence-corrected chi connectivity index (χ0v) is 46.8. The molecule has 0 aliphatic carbocycles. The molecule has 6 aromatic rings. The molecule has 2 aliphatic heterocycles. The molecule has 18 nitrogen and oxygen atoms in total. The third-order valence-corrected chi connectivity index (χ3v) is 15.1. The minimum Gasteiger partial charge on any atom is -0.343 e. The van der Waals surface area contributed by atoms with Crippen LogP contribution in [0.1, 0.15) is 125 Å². The van der Waals surface area contributed by atoms with E-state index in [9.17, 15) is 47.1 Å². The predicted molar refractivity (Wildman–Crippen MR) is 308 cm³/mol. The first-order valence-corrected chi connectivity index (χ1v) is 27.8. The van der Waals surface area contributed by atoms with E-state index < -0.39 is 47.9 Å². The molecule has 6 atom stereocenters. The van der Waals surface area contributed by atoms with Gasteiger partial charge in [0.15, 0.2) is 11.6 Å². The van der Waals surface area contributed by atoms with Crippen LogP contribution >= 0.6 is 0 Å². The number of aromatic nitrogens is 2. The van der Waals surface area contributed by atoms with Crippen molar-refractivity contribution in [3.63, 3.8) is 0 Å². The smallest absolute Gasteiger partial charge is 0.246 e. The fourth-order valence-corrected chi connectivity index (χ4v) is 10.3. The summed E-state index contributed by atoms with van der Waals surface area (Å²) in [6.45, 7) is 4.22. The van der Waals surface area contributed by atoms with Crippen molar-refractivity contribution in [2.45, 2.75) is 108 Å². The third kappa shape index (κ3) is 15.8. The molecule has 4 heterocycles. The monoisotopic (exact) mass is 1130 g/mol. The van der Waals surface area contributed by atoms with Crippen LogP contribution in [0.5, 0.6) is 0 Å². The summed E-state index contributed by atoms with van der Waals surface area (Å²) in [5.41, 5.74) is 5.00. The number of hydrogen-bond donors (Lipinski definition) is 6. The Hall–Kier alpha value is -8.88. The van der Waals surface area contributed by atoms with Gasteiger partial charge in [0.2, 0.25) is 35.4 Å². The van der Waals surface area contributed by atoms with E-state index in [0.717, 1.165) is 11.1 Å². The number of nitrogens with one attached hydrogen (secondary N) is 6. The number of carbonyl (C=O) groups excluding carboxylic acids is 8. The van der Waals surface area contributed by atoms with Gasteiger partial charge in [-0.2, -0.15) is 0 Å². The summed E-state index contributed by atoms with van der Waals surface area (Å²) in [5, 5.41) is 17.4. The number of hydrogen-bond acceptors (Lipinski definition) is 12. The number of ketones is 2. The normalized spacial score (nSPS) is 16.3. The number of carbonyl (C=O) groups is 8. The molecule has 2 fully saturated rings. The minimum atomic E-state index is -0.948. The van der Waals surface area contributed by atoms with Gasteiger partial charge in [0.05, 0.1) is 24.2 Å². The van der Waals surface area contributed by atoms with Gasteiger partial charge >= 0.3 is 0 Å². The zero-order valence-electron chi connectivity index (χ0n) is 46.8. The van der Waals surface area contributed by atoms with E-state index >= 15 is 0 Å². The van der Waals surface area contributed by atoms with E-state index in [2.05, 4.69) is 41.9 Å². The highest BCUT2D eigenvalue weighted by atomic mass is 19.1. The number of pyridine rings is 2. The maximum absolute atomic E-state index is 14.4. The Morgan fingerprint density at radius 1 is 0.518 bits per heavy atom. The fourth-order valence-electron chi connectivity index (χ4n) is 10.3. The van der Waals surface area contributed by atoms with E-state index in [4.69, 9.17) is 0 Å². The van der Waals surface area contributed by atoms with Crippen LogP contribution in [-0.2, 0) is 41.6 Å². The molecule has 2 aromatic heterocycles. The number of nitrogens with zero attached hydrogens (tertiary/aromatic N) is 4. The van der Waals surface area contributed by atoms with Gasteiger partial charge in [-0.3, -0.25) is 48.3 Å². The van der Waals surface area contributed by atoms with Crippen LogP contribution in [0.4, 0.5) is 20.2 Å². The van der Waals surface area contributed by atoms with E-state index in [-0.39, 0.29) is 79.1 Å². The molecule has 6 N–H and O–H groups in total. The molecule has 2 saturated heterocycles. The van der Waals surface area contributed by atoms with Crippen molar-refractivity contribution >= 4 is 58.4 Å². The molecule has 6 unspecified atom stereocenters. The highest BCUT2D eigenvalue weighted by molar-refractivity contribution is 6.09. The number of anilines is 2. The first-order valence-electron chi connectivity index (χ1n) is 27.8. The van der Waals surface area contributed by atoms with Gasteiger partial charge in [-0.1, -0.05) is 24.3 Å². The molecule has 4 aromatic carbocycles. The molecule has 432 valence electrons. The van der Waals surface area contributed by atoms with Crippen LogP contribution in [-0.4, -0.2) is 118 Å². The lowest BCUT2D eigenvalue weighted by Gasteiger charge is -2.30. The molecule has 8 rings (SSSR count). The van der Waals surface area contributed by atoms with Gasteiger partial charge in [-0.05, 0) is 167 Å². The lowest BCUT2D eigenvalue weighted by Crippen LogP contribution is -2.53. The maximum Gasteiger partial charge on any atom is 0.246 e. The molecular weight excluding hydrogens is 1060 g/mol. The molecular formula is C63H68F2N10O8. The van der Waals surface area contributed by atoms with Crippen LogP contribution in [0.3, 0.4) is 0 Å². The summed E-state index contributed by atoms with van der Waals surface area (Å²) < 4.78 is 27.2. The second-order valence-electron chi connectivity index (χ2n) is 21.0. The molecule has 20 heteroatoms. The fraction of sp³-hybridized carbons (Fsp3) is 0.333. The van der Waals surface area contributed by atoms with Crippen molar-refractivity contribution in [3.05, 3.63) is 190 Å². The van der Waals surface area contributed by atoms with Crippen LogP contribution in [0.2, 0.25) is 0 Å². The minimum absolute atomic E-state index is 0.0530. The van der Waals surface area contributed by atoms with Crippen LogP contribution in [0.15, 0.2) is 134 Å². The number of benzene rings is 4. The summed E-state index contributed by atoms with van der Waals surface area (Å²) in [7, 11) is 3.29. The first-order chi connectivity index (χ1) is 40.0. The van der Waals surface area contributed by atoms with Gasteiger partial charge in [0.25, 0.3) is 0 Å². The average molecular weight is 1130 g/mol. The summed E-state index contributed by atoms with van der Waals surface area (Å²) in [4.78, 5) is 120. The van der Waals surface area contributed by atoms with Gasteiger partial charge in [-0.15, -0.1) is 0 Å². The summed E-state index contributed by atoms with van der Waals surface area (Å²) in [5.74, 6) is -3.52. The van der Waals surface area contributed by atoms with Crippen molar-refractivity contribution < 1.29 is 47.1 Å². The topological polar surface area (TPSA) is 241 Å². The summed E-state index contributed by atoms with van der Waals surface area (Å²) >= 11 is 0. The van der Waals surface area contributed by atoms with E-state index in [0.29, 0.717) is 83.5 Å². The van der Waals surface area contributed by atoms with Crippen molar-refractivity contribution in [1.82, 2.24) is 41.0 Å². The zero-order chi connectivity index (χ0) is 59.2. The van der Waals surface area contributed by atoms with Crippen molar-refractivity contribution in [1.29, 1.82) is 0 Å². The molecule has 6 amide bonds. The third-order valence-electron chi connectivity index (χ3n) is 15.1. The van der Waals surface area contributed by atoms with Crippen LogP contribution < -0.4 is 31.9 Å². The predicted octanol–water partition coefficient (Wildman–Crippen LogP) is 6.96. The van der Waals surface area contributed by atoms with E-state index in [1.54, 1.807) is 111 Å².